The Morgan fingerprint density at radius 2 is 2.22 bits per heavy atom. The number of hydrogen-bond donors (Lipinski definition) is 1. The van der Waals surface area contributed by atoms with E-state index in [4.69, 9.17) is 10.5 Å². The van der Waals surface area contributed by atoms with Crippen molar-refractivity contribution in [2.75, 3.05) is 26.8 Å². The van der Waals surface area contributed by atoms with Crippen molar-refractivity contribution in [1.29, 1.82) is 0 Å². The van der Waals surface area contributed by atoms with Gasteiger partial charge in [-0.05, 0) is 12.0 Å². The molecule has 0 aliphatic carbocycles. The Morgan fingerprint density at radius 1 is 1.50 bits per heavy atom. The molecule has 1 amide bonds. The summed E-state index contributed by atoms with van der Waals surface area (Å²) in [5, 5.41) is 0. The fourth-order valence-electron chi connectivity index (χ4n) is 2.40. The number of carbonyl (C=O) groups is 1. The van der Waals surface area contributed by atoms with Crippen LogP contribution >= 0.6 is 0 Å². The zero-order valence-electron chi connectivity index (χ0n) is 10.7. The lowest BCUT2D eigenvalue weighted by molar-refractivity contribution is -0.131. The number of nitrogens with zero attached hydrogens (tertiary/aromatic N) is 1. The molecule has 1 aromatic rings. The Bertz CT molecular complexity index is 394. The number of rotatable bonds is 4. The van der Waals surface area contributed by atoms with Crippen LogP contribution in [0.25, 0.3) is 0 Å². The molecule has 0 aromatic heterocycles. The van der Waals surface area contributed by atoms with Crippen molar-refractivity contribution in [3.05, 3.63) is 35.9 Å². The zero-order chi connectivity index (χ0) is 13.0. The van der Waals surface area contributed by atoms with Gasteiger partial charge in [-0.15, -0.1) is 0 Å². The average Bonchev–Trinajstić information content (AvgIpc) is 2.87. The van der Waals surface area contributed by atoms with Crippen LogP contribution in [0, 0.1) is 5.92 Å². The molecule has 1 aliphatic rings. The molecule has 0 radical (unpaired) electrons. The summed E-state index contributed by atoms with van der Waals surface area (Å²) < 4.78 is 5.13. The molecular formula is C14H20N2O2. The van der Waals surface area contributed by atoms with E-state index in [2.05, 4.69) is 0 Å². The van der Waals surface area contributed by atoms with Crippen LogP contribution in [0.15, 0.2) is 30.3 Å². The number of nitrogens with two attached hydrogens (primary N) is 1. The maximum atomic E-state index is 12.3. The molecule has 98 valence electrons. The summed E-state index contributed by atoms with van der Waals surface area (Å²) in [5.74, 6) is 0.460. The molecule has 1 aromatic carbocycles. The highest BCUT2D eigenvalue weighted by atomic mass is 16.5. The third kappa shape index (κ3) is 2.89. The molecule has 4 heteroatoms. The Hall–Kier alpha value is -1.39. The average molecular weight is 248 g/mol. The van der Waals surface area contributed by atoms with Crippen LogP contribution < -0.4 is 5.73 Å². The van der Waals surface area contributed by atoms with Gasteiger partial charge in [0.1, 0.15) is 6.04 Å². The van der Waals surface area contributed by atoms with E-state index in [-0.39, 0.29) is 5.91 Å². The Balaban J connectivity index is 1.96. The zero-order valence-corrected chi connectivity index (χ0v) is 10.7. The van der Waals surface area contributed by atoms with Crippen LogP contribution in [0.4, 0.5) is 0 Å². The lowest BCUT2D eigenvalue weighted by Gasteiger charge is -2.21. The number of methoxy groups -OCH3 is 1. The van der Waals surface area contributed by atoms with Gasteiger partial charge in [-0.3, -0.25) is 4.79 Å². The number of amides is 1. The van der Waals surface area contributed by atoms with Crippen LogP contribution in [-0.2, 0) is 9.53 Å². The van der Waals surface area contributed by atoms with Crippen LogP contribution in [0.3, 0.4) is 0 Å². The van der Waals surface area contributed by atoms with Gasteiger partial charge in [-0.1, -0.05) is 30.3 Å². The molecular weight excluding hydrogens is 228 g/mol. The SMILES string of the molecule is COCC1CCN(C(=O)[C@H](N)c2ccccc2)C1. The quantitative estimate of drug-likeness (QED) is 0.870. The number of carbonyl (C=O) groups excluding carboxylic acids is 1. The second-order valence-electron chi connectivity index (χ2n) is 4.78. The van der Waals surface area contributed by atoms with Crippen molar-refractivity contribution < 1.29 is 9.53 Å². The first-order chi connectivity index (χ1) is 8.72. The van der Waals surface area contributed by atoms with Gasteiger partial charge in [0, 0.05) is 26.1 Å². The molecule has 4 nitrogen and oxygen atoms in total. The van der Waals surface area contributed by atoms with Crippen molar-refractivity contribution in [3.8, 4) is 0 Å². The highest BCUT2D eigenvalue weighted by molar-refractivity contribution is 5.83. The summed E-state index contributed by atoms with van der Waals surface area (Å²) >= 11 is 0. The number of benzene rings is 1. The Kier molecular flexibility index (Phi) is 4.33. The maximum absolute atomic E-state index is 12.3. The molecule has 2 rings (SSSR count). The van der Waals surface area contributed by atoms with Gasteiger partial charge in [0.15, 0.2) is 0 Å². The minimum atomic E-state index is -0.549. The summed E-state index contributed by atoms with van der Waals surface area (Å²) in [5.41, 5.74) is 6.89. The second kappa shape index (κ2) is 5.98. The standard InChI is InChI=1S/C14H20N2O2/c1-18-10-11-7-8-16(9-11)14(17)13(15)12-5-3-2-4-6-12/h2-6,11,13H,7-10,15H2,1H3/t11?,13-/m1/s1. The normalized spacial score (nSPS) is 21.0. The highest BCUT2D eigenvalue weighted by Crippen LogP contribution is 2.20. The summed E-state index contributed by atoms with van der Waals surface area (Å²) in [6.45, 7) is 2.25. The van der Waals surface area contributed by atoms with Crippen LogP contribution in [0.1, 0.15) is 18.0 Å². The smallest absolute Gasteiger partial charge is 0.244 e. The maximum Gasteiger partial charge on any atom is 0.244 e. The molecule has 2 N–H and O–H groups in total. The molecule has 0 bridgehead atoms. The van der Waals surface area contributed by atoms with Crippen LogP contribution in [-0.4, -0.2) is 37.6 Å². The summed E-state index contributed by atoms with van der Waals surface area (Å²) in [6, 6.07) is 8.97. The summed E-state index contributed by atoms with van der Waals surface area (Å²) in [7, 11) is 1.69. The fourth-order valence-corrected chi connectivity index (χ4v) is 2.40. The Morgan fingerprint density at radius 3 is 2.89 bits per heavy atom. The molecule has 2 atom stereocenters. The monoisotopic (exact) mass is 248 g/mol. The molecule has 1 fully saturated rings. The van der Waals surface area contributed by atoms with E-state index in [1.54, 1.807) is 7.11 Å². The largest absolute Gasteiger partial charge is 0.384 e. The van der Waals surface area contributed by atoms with Crippen LogP contribution in [0.2, 0.25) is 0 Å². The molecule has 0 spiro atoms. The summed E-state index contributed by atoms with van der Waals surface area (Å²) in [6.07, 6.45) is 1.00. The van der Waals surface area contributed by atoms with Crippen LogP contribution in [0.5, 0.6) is 0 Å². The first-order valence-electron chi connectivity index (χ1n) is 6.30. The van der Waals surface area contributed by atoms with E-state index in [1.165, 1.54) is 0 Å². The van der Waals surface area contributed by atoms with Gasteiger partial charge in [-0.25, -0.2) is 0 Å². The third-order valence-electron chi connectivity index (χ3n) is 3.42. The van der Waals surface area contributed by atoms with Crippen molar-refractivity contribution in [1.82, 2.24) is 4.90 Å². The van der Waals surface area contributed by atoms with Gasteiger partial charge < -0.3 is 15.4 Å². The molecule has 1 unspecified atom stereocenters. The first-order valence-corrected chi connectivity index (χ1v) is 6.30. The molecule has 18 heavy (non-hydrogen) atoms. The topological polar surface area (TPSA) is 55.6 Å². The molecule has 1 heterocycles. The minimum Gasteiger partial charge on any atom is -0.384 e. The molecule has 1 aliphatic heterocycles. The van der Waals surface area contributed by atoms with E-state index in [1.807, 2.05) is 35.2 Å². The van der Waals surface area contributed by atoms with E-state index >= 15 is 0 Å². The lowest BCUT2D eigenvalue weighted by atomic mass is 10.1. The number of hydrogen-bond acceptors (Lipinski definition) is 3. The number of likely N-dealkylation sites (tertiary alicyclic amines) is 1. The van der Waals surface area contributed by atoms with Gasteiger partial charge in [0.05, 0.1) is 6.61 Å². The van der Waals surface area contributed by atoms with E-state index < -0.39 is 6.04 Å². The van der Waals surface area contributed by atoms with Gasteiger partial charge in [-0.2, -0.15) is 0 Å². The van der Waals surface area contributed by atoms with Crippen molar-refractivity contribution in [2.24, 2.45) is 11.7 Å². The highest BCUT2D eigenvalue weighted by Gasteiger charge is 2.29. The van der Waals surface area contributed by atoms with E-state index in [0.29, 0.717) is 12.5 Å². The lowest BCUT2D eigenvalue weighted by Crippen LogP contribution is -2.37. The van der Waals surface area contributed by atoms with E-state index in [9.17, 15) is 4.79 Å². The fraction of sp³-hybridized carbons (Fsp3) is 0.500. The van der Waals surface area contributed by atoms with Gasteiger partial charge >= 0.3 is 0 Å². The number of ether oxygens (including phenoxy) is 1. The Labute approximate surface area is 108 Å². The molecule has 1 saturated heterocycles. The van der Waals surface area contributed by atoms with E-state index in [0.717, 1.165) is 25.1 Å². The minimum absolute atomic E-state index is 0.0137. The van der Waals surface area contributed by atoms with Crippen molar-refractivity contribution >= 4 is 5.91 Å². The summed E-state index contributed by atoms with van der Waals surface area (Å²) in [4.78, 5) is 14.1. The first kappa shape index (κ1) is 13.1. The second-order valence-corrected chi connectivity index (χ2v) is 4.78. The van der Waals surface area contributed by atoms with Crippen molar-refractivity contribution in [2.45, 2.75) is 12.5 Å². The predicted molar refractivity (Wildman–Crippen MR) is 69.9 cm³/mol. The van der Waals surface area contributed by atoms with Gasteiger partial charge in [0.2, 0.25) is 5.91 Å². The third-order valence-corrected chi connectivity index (χ3v) is 3.42. The molecule has 0 saturated carbocycles. The van der Waals surface area contributed by atoms with Gasteiger partial charge in [0.25, 0.3) is 0 Å². The van der Waals surface area contributed by atoms with Crippen molar-refractivity contribution in [3.63, 3.8) is 0 Å². The predicted octanol–water partition coefficient (Wildman–Crippen LogP) is 1.18.